The summed E-state index contributed by atoms with van der Waals surface area (Å²) in [6, 6.07) is 11.1. The van der Waals surface area contributed by atoms with Crippen LogP contribution in [0.3, 0.4) is 0 Å². The van der Waals surface area contributed by atoms with Crippen molar-refractivity contribution in [2.45, 2.75) is 65.1 Å². The molecule has 5 rings (SSSR count). The Balaban J connectivity index is 1.51. The van der Waals surface area contributed by atoms with E-state index < -0.39 is 23.6 Å². The van der Waals surface area contributed by atoms with E-state index in [4.69, 9.17) is 16.3 Å². The van der Waals surface area contributed by atoms with Gasteiger partial charge in [0.2, 0.25) is 0 Å². The van der Waals surface area contributed by atoms with Gasteiger partial charge in [-0.1, -0.05) is 32.4 Å². The largest absolute Gasteiger partial charge is 0.497 e. The Bertz CT molecular complexity index is 1700. The second kappa shape index (κ2) is 13.3. The lowest BCUT2D eigenvalue weighted by atomic mass is 9.87. The van der Waals surface area contributed by atoms with E-state index >= 15 is 0 Å². The molecule has 45 heavy (non-hydrogen) atoms. The molecule has 1 N–H and O–H groups in total. The Hall–Kier alpha value is -3.76. The molecule has 1 fully saturated rings. The SMILES string of the molecule is COc1cc(CN(C(=O)c2sc3c(F)ccc(F)c3c2Cl)C2CCC(N(CC(C)(C)C)C(=O)O)CC2)cc(-c2ccncc2)c1. The number of carbonyl (C=O) groups excluding carboxylic acids is 1. The number of carboxylic acid groups (broad SMARTS) is 1. The summed E-state index contributed by atoms with van der Waals surface area (Å²) >= 11 is 7.43. The minimum Gasteiger partial charge on any atom is -0.497 e. The highest BCUT2D eigenvalue weighted by atomic mass is 35.5. The lowest BCUT2D eigenvalue weighted by Crippen LogP contribution is -2.49. The van der Waals surface area contributed by atoms with Crippen LogP contribution in [0.4, 0.5) is 13.6 Å². The van der Waals surface area contributed by atoms with Crippen molar-refractivity contribution in [1.29, 1.82) is 0 Å². The minimum atomic E-state index is -0.956. The zero-order chi connectivity index (χ0) is 32.5. The number of fused-ring (bicyclic) bond motifs is 1. The zero-order valence-electron chi connectivity index (χ0n) is 25.6. The highest BCUT2D eigenvalue weighted by molar-refractivity contribution is 7.21. The number of benzene rings is 2. The van der Waals surface area contributed by atoms with E-state index in [-0.39, 0.29) is 44.0 Å². The number of pyridine rings is 1. The topological polar surface area (TPSA) is 83.0 Å². The van der Waals surface area contributed by atoms with E-state index in [1.807, 2.05) is 51.1 Å². The number of hydrogen-bond donors (Lipinski definition) is 1. The number of hydrogen-bond acceptors (Lipinski definition) is 5. The summed E-state index contributed by atoms with van der Waals surface area (Å²) < 4.78 is 35.0. The summed E-state index contributed by atoms with van der Waals surface area (Å²) in [5, 5.41) is 9.77. The van der Waals surface area contributed by atoms with E-state index in [1.165, 1.54) is 4.90 Å². The Morgan fingerprint density at radius 3 is 2.18 bits per heavy atom. The molecule has 1 aliphatic rings. The van der Waals surface area contributed by atoms with Crippen molar-refractivity contribution in [3.63, 3.8) is 0 Å². The molecule has 0 radical (unpaired) electrons. The fourth-order valence-electron chi connectivity index (χ4n) is 6.06. The molecule has 7 nitrogen and oxygen atoms in total. The molecule has 2 aromatic heterocycles. The molecule has 0 bridgehead atoms. The van der Waals surface area contributed by atoms with Crippen LogP contribution in [0.25, 0.3) is 21.2 Å². The fraction of sp³-hybridized carbons (Fsp3) is 0.382. The molecule has 0 spiro atoms. The summed E-state index contributed by atoms with van der Waals surface area (Å²) in [6.45, 7) is 6.59. The van der Waals surface area contributed by atoms with Crippen LogP contribution in [0.2, 0.25) is 5.02 Å². The number of halogens is 3. The van der Waals surface area contributed by atoms with E-state index in [0.717, 1.165) is 40.2 Å². The van der Waals surface area contributed by atoms with Gasteiger partial charge in [-0.15, -0.1) is 11.3 Å². The second-order valence-electron chi connectivity index (χ2n) is 12.7. The molecule has 0 saturated heterocycles. The van der Waals surface area contributed by atoms with E-state index in [1.54, 1.807) is 24.4 Å². The van der Waals surface area contributed by atoms with Crippen molar-refractivity contribution in [2.75, 3.05) is 13.7 Å². The number of ether oxygens (including phenoxy) is 1. The quantitative estimate of drug-likeness (QED) is 0.205. The first-order valence-electron chi connectivity index (χ1n) is 14.8. The summed E-state index contributed by atoms with van der Waals surface area (Å²) in [5.41, 5.74) is 2.39. The molecule has 11 heteroatoms. The van der Waals surface area contributed by atoms with Crippen LogP contribution in [0.1, 0.15) is 61.7 Å². The highest BCUT2D eigenvalue weighted by Gasteiger charge is 2.36. The van der Waals surface area contributed by atoms with Crippen molar-refractivity contribution < 1.29 is 28.2 Å². The first-order valence-corrected chi connectivity index (χ1v) is 16.0. The van der Waals surface area contributed by atoms with Crippen LogP contribution in [0.5, 0.6) is 5.75 Å². The van der Waals surface area contributed by atoms with E-state index in [2.05, 4.69) is 4.98 Å². The van der Waals surface area contributed by atoms with Gasteiger partial charge in [0.1, 0.15) is 22.3 Å². The van der Waals surface area contributed by atoms with Gasteiger partial charge < -0.3 is 19.6 Å². The number of rotatable bonds is 8. The molecule has 1 saturated carbocycles. The van der Waals surface area contributed by atoms with E-state index in [9.17, 15) is 23.5 Å². The number of thiophene rings is 1. The van der Waals surface area contributed by atoms with Gasteiger partial charge in [-0.3, -0.25) is 9.78 Å². The van der Waals surface area contributed by atoms with Crippen LogP contribution in [-0.4, -0.2) is 57.6 Å². The maximum atomic E-state index is 14.8. The average molecular weight is 656 g/mol. The highest BCUT2D eigenvalue weighted by Crippen LogP contribution is 2.41. The molecule has 238 valence electrons. The minimum absolute atomic E-state index is 0.00681. The third-order valence-electron chi connectivity index (χ3n) is 8.14. The molecule has 2 heterocycles. The molecule has 0 unspecified atom stereocenters. The van der Waals surface area contributed by atoms with Crippen LogP contribution in [0.15, 0.2) is 54.9 Å². The van der Waals surface area contributed by atoms with Crippen molar-refractivity contribution in [3.05, 3.63) is 82.0 Å². The van der Waals surface area contributed by atoms with Crippen molar-refractivity contribution in [1.82, 2.24) is 14.8 Å². The van der Waals surface area contributed by atoms with Gasteiger partial charge in [0.05, 0.1) is 22.2 Å². The van der Waals surface area contributed by atoms with E-state index in [0.29, 0.717) is 38.0 Å². The molecular weight excluding hydrogens is 620 g/mol. The maximum absolute atomic E-state index is 14.8. The Kier molecular flexibility index (Phi) is 9.65. The number of aromatic nitrogens is 1. The lowest BCUT2D eigenvalue weighted by molar-refractivity contribution is 0.0493. The van der Waals surface area contributed by atoms with Gasteiger partial charge in [-0.25, -0.2) is 13.6 Å². The molecule has 1 aliphatic carbocycles. The van der Waals surface area contributed by atoms with Crippen LogP contribution < -0.4 is 4.74 Å². The van der Waals surface area contributed by atoms with Crippen LogP contribution >= 0.6 is 22.9 Å². The monoisotopic (exact) mass is 655 g/mol. The summed E-state index contributed by atoms with van der Waals surface area (Å²) in [4.78, 5) is 33.9. The van der Waals surface area contributed by atoms with Crippen molar-refractivity contribution >= 4 is 45.0 Å². The Morgan fingerprint density at radius 1 is 0.978 bits per heavy atom. The third-order valence-corrected chi connectivity index (χ3v) is 9.82. The normalized spacial score (nSPS) is 16.9. The fourth-order valence-corrected chi connectivity index (χ4v) is 7.56. The van der Waals surface area contributed by atoms with Crippen LogP contribution in [-0.2, 0) is 6.54 Å². The molecule has 0 atom stereocenters. The zero-order valence-corrected chi connectivity index (χ0v) is 27.2. The van der Waals surface area contributed by atoms with Crippen LogP contribution in [0, 0.1) is 17.0 Å². The van der Waals surface area contributed by atoms with Gasteiger partial charge >= 0.3 is 6.09 Å². The van der Waals surface area contributed by atoms with Gasteiger partial charge in [-0.05, 0) is 90.3 Å². The lowest BCUT2D eigenvalue weighted by Gasteiger charge is -2.41. The first kappa shape index (κ1) is 32.6. The number of methoxy groups -OCH3 is 1. The Morgan fingerprint density at radius 2 is 1.60 bits per heavy atom. The molecule has 4 aromatic rings. The molecule has 2 aromatic carbocycles. The van der Waals surface area contributed by atoms with Gasteiger partial charge in [-0.2, -0.15) is 0 Å². The van der Waals surface area contributed by atoms with Gasteiger partial charge in [0.25, 0.3) is 5.91 Å². The Labute approximate surface area is 270 Å². The number of carbonyl (C=O) groups is 2. The van der Waals surface area contributed by atoms with Crippen molar-refractivity contribution in [2.24, 2.45) is 5.41 Å². The summed E-state index contributed by atoms with van der Waals surface area (Å²) in [6.07, 6.45) is 4.69. The number of nitrogens with zero attached hydrogens (tertiary/aromatic N) is 3. The summed E-state index contributed by atoms with van der Waals surface area (Å²) in [5.74, 6) is -1.16. The van der Waals surface area contributed by atoms with Gasteiger partial charge in [0, 0.05) is 37.6 Å². The average Bonchev–Trinajstić information content (AvgIpc) is 3.38. The maximum Gasteiger partial charge on any atom is 0.407 e. The van der Waals surface area contributed by atoms with Crippen molar-refractivity contribution in [3.8, 4) is 16.9 Å². The second-order valence-corrected chi connectivity index (χ2v) is 14.0. The third kappa shape index (κ3) is 7.23. The predicted molar refractivity (Wildman–Crippen MR) is 173 cm³/mol. The van der Waals surface area contributed by atoms with Gasteiger partial charge in [0.15, 0.2) is 0 Å². The molecule has 2 amide bonds. The number of amides is 2. The molecule has 0 aliphatic heterocycles. The predicted octanol–water partition coefficient (Wildman–Crippen LogP) is 8.88. The molecular formula is C34H36ClF2N3O4S. The summed E-state index contributed by atoms with van der Waals surface area (Å²) in [7, 11) is 1.57. The first-order chi connectivity index (χ1) is 21.4. The smallest absolute Gasteiger partial charge is 0.407 e. The standard InChI is InChI=1S/C34H36ClF2N3O4S/c1-34(2,3)19-40(33(42)43)24-7-5-23(6-8-24)39(32(41)31-29(35)28-26(36)9-10-27(37)30(28)45-31)18-20-15-22(17-25(16-20)44-4)21-11-13-38-14-12-21/h9-17,23-24H,5-8,18-19H2,1-4H3,(H,42,43).